The number of hydrogen-bond acceptors (Lipinski definition) is 9. The van der Waals surface area contributed by atoms with Gasteiger partial charge in [-0.1, -0.05) is 30.3 Å². The van der Waals surface area contributed by atoms with Gasteiger partial charge in [0.25, 0.3) is 0 Å². The third-order valence-electron chi connectivity index (χ3n) is 7.27. The first kappa shape index (κ1) is 29.9. The summed E-state index contributed by atoms with van der Waals surface area (Å²) in [6, 6.07) is 14.0. The van der Waals surface area contributed by atoms with Crippen LogP contribution < -0.4 is 19.7 Å². The molecule has 0 saturated carbocycles. The van der Waals surface area contributed by atoms with Crippen LogP contribution in [-0.2, 0) is 19.1 Å². The fourth-order valence-electron chi connectivity index (χ4n) is 5.33. The summed E-state index contributed by atoms with van der Waals surface area (Å²) < 4.78 is 47.4. The van der Waals surface area contributed by atoms with Crippen molar-refractivity contribution in [3.05, 3.63) is 76.6 Å². The van der Waals surface area contributed by atoms with Crippen LogP contribution in [0.3, 0.4) is 0 Å². The van der Waals surface area contributed by atoms with Gasteiger partial charge >= 0.3 is 18.6 Å². The maximum Gasteiger partial charge on any atom is 0.387 e. The summed E-state index contributed by atoms with van der Waals surface area (Å²) in [7, 11) is 2.88. The zero-order valence-corrected chi connectivity index (χ0v) is 23.6. The Hall–Kier alpha value is -4.12. The van der Waals surface area contributed by atoms with Gasteiger partial charge in [-0.3, -0.25) is 4.90 Å². The molecule has 1 unspecified atom stereocenters. The topological polar surface area (TPSA) is 89.6 Å². The lowest BCUT2D eigenvalue weighted by molar-refractivity contribution is -0.140. The average molecular weight is 572 g/mol. The van der Waals surface area contributed by atoms with E-state index in [1.165, 1.54) is 13.2 Å². The molecule has 2 aromatic rings. The number of anilines is 1. The number of benzene rings is 2. The Morgan fingerprint density at radius 1 is 0.902 bits per heavy atom. The molecule has 41 heavy (non-hydrogen) atoms. The number of para-hydroxylation sites is 3. The van der Waals surface area contributed by atoms with Crippen LogP contribution in [0.2, 0.25) is 0 Å². The van der Waals surface area contributed by atoms with Crippen molar-refractivity contribution < 1.29 is 37.3 Å². The van der Waals surface area contributed by atoms with Crippen LogP contribution in [0, 0.1) is 0 Å². The van der Waals surface area contributed by atoms with Gasteiger partial charge in [0, 0.05) is 49.7 Å². The Kier molecular flexibility index (Phi) is 9.82. The number of allylic oxidation sites excluding steroid dienone is 2. The van der Waals surface area contributed by atoms with E-state index in [4.69, 9.17) is 18.9 Å². The monoisotopic (exact) mass is 571 g/mol. The predicted molar refractivity (Wildman–Crippen MR) is 149 cm³/mol. The summed E-state index contributed by atoms with van der Waals surface area (Å²) in [5.41, 5.74) is 2.40. The fourth-order valence-corrected chi connectivity index (χ4v) is 5.33. The lowest BCUT2D eigenvalue weighted by Gasteiger charge is -2.36. The molecule has 2 aromatic carbocycles. The number of carbonyl (C=O) groups excluding carboxylic acids is 2. The van der Waals surface area contributed by atoms with Crippen molar-refractivity contribution >= 4 is 17.6 Å². The second-order valence-corrected chi connectivity index (χ2v) is 9.68. The highest BCUT2D eigenvalue weighted by atomic mass is 19.3. The van der Waals surface area contributed by atoms with E-state index in [-0.39, 0.29) is 29.1 Å². The first-order valence-electron chi connectivity index (χ1n) is 13.3. The molecule has 0 aliphatic carbocycles. The fraction of sp³-hybridized carbons (Fsp3) is 0.400. The van der Waals surface area contributed by atoms with Crippen molar-refractivity contribution in [3.8, 4) is 11.5 Å². The summed E-state index contributed by atoms with van der Waals surface area (Å²) in [5.74, 6) is -1.71. The summed E-state index contributed by atoms with van der Waals surface area (Å²) in [4.78, 5) is 30.8. The van der Waals surface area contributed by atoms with Gasteiger partial charge in [-0.15, -0.1) is 0 Å². The Labute approximate surface area is 238 Å². The summed E-state index contributed by atoms with van der Waals surface area (Å²) in [6.07, 6.45) is 0. The number of esters is 2. The van der Waals surface area contributed by atoms with E-state index in [0.29, 0.717) is 17.9 Å². The number of hydrogen-bond donors (Lipinski definition) is 1. The Morgan fingerprint density at radius 2 is 1.51 bits per heavy atom. The third-order valence-corrected chi connectivity index (χ3v) is 7.27. The maximum atomic E-state index is 13.5. The molecule has 2 aliphatic rings. The molecule has 2 heterocycles. The largest absolute Gasteiger partial charge is 0.495 e. The molecule has 0 amide bonds. The first-order chi connectivity index (χ1) is 19.7. The van der Waals surface area contributed by atoms with Crippen molar-refractivity contribution in [2.24, 2.45) is 0 Å². The Balaban J connectivity index is 1.47. The van der Waals surface area contributed by atoms with Crippen molar-refractivity contribution in [2.45, 2.75) is 26.4 Å². The van der Waals surface area contributed by atoms with Gasteiger partial charge in [0.05, 0.1) is 37.0 Å². The second kappa shape index (κ2) is 13.5. The minimum atomic E-state index is -3.09. The van der Waals surface area contributed by atoms with E-state index < -0.39 is 24.5 Å². The summed E-state index contributed by atoms with van der Waals surface area (Å²) in [6.45, 7) is 4.00. The molecule has 220 valence electrons. The minimum Gasteiger partial charge on any atom is -0.495 e. The normalized spacial score (nSPS) is 17.8. The lowest BCUT2D eigenvalue weighted by atomic mass is 9.80. The standard InChI is InChI=1S/C30H35F2N3O6/c1-19-25(28(36)39-4)27(21-9-5-7-11-23(21)41-30(31)32)26(20(2)33-19)29(37)40-18-17-34-13-15-35(16-14-34)22-10-6-8-12-24(22)38-3/h5-12,27,30,33H,13-18H2,1-4H3. The molecule has 4 rings (SSSR count). The molecule has 11 heteroatoms. The Bertz CT molecular complexity index is 1320. The average Bonchev–Trinajstić information content (AvgIpc) is 2.96. The van der Waals surface area contributed by atoms with E-state index in [9.17, 15) is 18.4 Å². The van der Waals surface area contributed by atoms with E-state index in [1.54, 1.807) is 39.2 Å². The first-order valence-corrected chi connectivity index (χ1v) is 13.3. The van der Waals surface area contributed by atoms with Crippen LogP contribution in [-0.4, -0.2) is 77.0 Å². The number of carbonyl (C=O) groups is 2. The predicted octanol–water partition coefficient (Wildman–Crippen LogP) is 4.07. The number of ether oxygens (including phenoxy) is 4. The van der Waals surface area contributed by atoms with E-state index in [0.717, 1.165) is 37.6 Å². The molecular weight excluding hydrogens is 536 g/mol. The molecule has 1 saturated heterocycles. The van der Waals surface area contributed by atoms with Crippen molar-refractivity contribution in [1.29, 1.82) is 0 Å². The molecule has 9 nitrogen and oxygen atoms in total. The third kappa shape index (κ3) is 6.79. The molecular formula is C30H35F2N3O6. The molecule has 1 atom stereocenters. The van der Waals surface area contributed by atoms with Crippen molar-refractivity contribution in [2.75, 3.05) is 58.5 Å². The molecule has 0 spiro atoms. The number of rotatable bonds is 10. The summed E-state index contributed by atoms with van der Waals surface area (Å²) in [5, 5.41) is 3.05. The molecule has 0 radical (unpaired) electrons. The van der Waals surface area contributed by atoms with E-state index in [2.05, 4.69) is 15.1 Å². The number of alkyl halides is 2. The van der Waals surface area contributed by atoms with E-state index >= 15 is 0 Å². The number of methoxy groups -OCH3 is 2. The zero-order chi connectivity index (χ0) is 29.5. The number of nitrogens with zero attached hydrogens (tertiary/aromatic N) is 2. The van der Waals surface area contributed by atoms with Gasteiger partial charge in [-0.25, -0.2) is 9.59 Å². The molecule has 0 bridgehead atoms. The van der Waals surface area contributed by atoms with Crippen LogP contribution in [0.25, 0.3) is 0 Å². The minimum absolute atomic E-state index is 0.114. The number of halogens is 2. The highest BCUT2D eigenvalue weighted by Crippen LogP contribution is 2.43. The number of piperazine rings is 1. The van der Waals surface area contributed by atoms with Crippen molar-refractivity contribution in [1.82, 2.24) is 10.2 Å². The summed E-state index contributed by atoms with van der Waals surface area (Å²) >= 11 is 0. The smallest absolute Gasteiger partial charge is 0.387 e. The second-order valence-electron chi connectivity index (χ2n) is 9.68. The van der Waals surface area contributed by atoms with Crippen LogP contribution in [0.15, 0.2) is 71.1 Å². The quantitative estimate of drug-likeness (QED) is 0.424. The van der Waals surface area contributed by atoms with Crippen LogP contribution >= 0.6 is 0 Å². The van der Waals surface area contributed by atoms with Gasteiger partial charge in [-0.05, 0) is 32.0 Å². The van der Waals surface area contributed by atoms with Crippen LogP contribution in [0.4, 0.5) is 14.5 Å². The van der Waals surface area contributed by atoms with Gasteiger partial charge < -0.3 is 29.2 Å². The Morgan fingerprint density at radius 3 is 2.15 bits per heavy atom. The van der Waals surface area contributed by atoms with Crippen LogP contribution in [0.1, 0.15) is 25.3 Å². The zero-order valence-electron chi connectivity index (χ0n) is 23.6. The van der Waals surface area contributed by atoms with Gasteiger partial charge in [0.15, 0.2) is 0 Å². The van der Waals surface area contributed by atoms with Gasteiger partial charge in [-0.2, -0.15) is 8.78 Å². The number of dihydropyridines is 1. The van der Waals surface area contributed by atoms with E-state index in [1.807, 2.05) is 24.3 Å². The molecule has 0 aromatic heterocycles. The van der Waals surface area contributed by atoms with Gasteiger partial charge in [0.1, 0.15) is 18.1 Å². The van der Waals surface area contributed by atoms with Crippen molar-refractivity contribution in [3.63, 3.8) is 0 Å². The lowest BCUT2D eigenvalue weighted by Crippen LogP contribution is -2.47. The molecule has 2 aliphatic heterocycles. The maximum absolute atomic E-state index is 13.5. The highest BCUT2D eigenvalue weighted by molar-refractivity contribution is 6.00. The number of nitrogens with one attached hydrogen (secondary N) is 1. The highest BCUT2D eigenvalue weighted by Gasteiger charge is 2.39. The van der Waals surface area contributed by atoms with Gasteiger partial charge in [0.2, 0.25) is 0 Å². The molecule has 1 N–H and O–H groups in total. The molecule has 1 fully saturated rings. The van der Waals surface area contributed by atoms with Crippen LogP contribution in [0.5, 0.6) is 11.5 Å². The SMILES string of the molecule is COC(=O)C1=C(C)NC(C)=C(C(=O)OCCN2CCN(c3ccccc3OC)CC2)C1c1ccccc1OC(F)F.